The molecule has 0 radical (unpaired) electrons. The van der Waals surface area contributed by atoms with Crippen molar-refractivity contribution in [3.8, 4) is 6.07 Å². The van der Waals surface area contributed by atoms with Crippen molar-refractivity contribution in [3.63, 3.8) is 0 Å². The van der Waals surface area contributed by atoms with E-state index >= 15 is 0 Å². The molecule has 4 nitrogen and oxygen atoms in total. The number of likely N-dealkylation sites (N-methyl/N-ethyl adjacent to an activating group) is 1. The number of hydrogen-bond acceptors (Lipinski definition) is 4. The van der Waals surface area contributed by atoms with Crippen molar-refractivity contribution in [2.24, 2.45) is 5.73 Å². The Kier molecular flexibility index (Phi) is 5.20. The zero-order valence-electron chi connectivity index (χ0n) is 10.4. The number of hydrogen-bond donors (Lipinski definition) is 1. The molecule has 2 unspecified atom stereocenters. The van der Waals surface area contributed by atoms with Crippen molar-refractivity contribution in [2.45, 2.75) is 44.2 Å². The van der Waals surface area contributed by atoms with Crippen LogP contribution in [0, 0.1) is 11.3 Å². The van der Waals surface area contributed by atoms with E-state index in [0.717, 1.165) is 32.5 Å². The summed E-state index contributed by atoms with van der Waals surface area (Å²) in [5, 5.41) is 8.78. The third-order valence-corrected chi connectivity index (χ3v) is 3.03. The molecule has 0 aromatic rings. The van der Waals surface area contributed by atoms with Gasteiger partial charge in [0.05, 0.1) is 12.2 Å². The molecule has 4 heteroatoms. The first kappa shape index (κ1) is 13.4. The maximum absolute atomic E-state index is 8.78. The SMILES string of the molecule is CN(CCCC(C)(N)C#N)CC1CCCO1. The van der Waals surface area contributed by atoms with Crippen LogP contribution in [0.4, 0.5) is 0 Å². The highest BCUT2D eigenvalue weighted by molar-refractivity contribution is 5.00. The summed E-state index contributed by atoms with van der Waals surface area (Å²) >= 11 is 0. The van der Waals surface area contributed by atoms with Gasteiger partial charge in [-0.1, -0.05) is 0 Å². The summed E-state index contributed by atoms with van der Waals surface area (Å²) in [6.07, 6.45) is 4.49. The maximum atomic E-state index is 8.78. The van der Waals surface area contributed by atoms with Crippen LogP contribution in [0.25, 0.3) is 0 Å². The van der Waals surface area contributed by atoms with Crippen LogP contribution in [-0.4, -0.2) is 43.3 Å². The second-order valence-electron chi connectivity index (χ2n) is 5.03. The average molecular weight is 225 g/mol. The minimum Gasteiger partial charge on any atom is -0.377 e. The lowest BCUT2D eigenvalue weighted by Crippen LogP contribution is -2.36. The van der Waals surface area contributed by atoms with Crippen LogP contribution in [0.15, 0.2) is 0 Å². The zero-order chi connectivity index (χ0) is 12.0. The monoisotopic (exact) mass is 225 g/mol. The van der Waals surface area contributed by atoms with Gasteiger partial charge in [-0.15, -0.1) is 0 Å². The summed E-state index contributed by atoms with van der Waals surface area (Å²) in [6, 6.07) is 2.12. The quantitative estimate of drug-likeness (QED) is 0.736. The first-order chi connectivity index (χ1) is 7.53. The molecular weight excluding hydrogens is 202 g/mol. The van der Waals surface area contributed by atoms with Crippen LogP contribution in [0.3, 0.4) is 0 Å². The summed E-state index contributed by atoms with van der Waals surface area (Å²) in [5.74, 6) is 0. The fourth-order valence-corrected chi connectivity index (χ4v) is 2.00. The highest BCUT2D eigenvalue weighted by Gasteiger charge is 2.19. The van der Waals surface area contributed by atoms with Crippen LogP contribution in [-0.2, 0) is 4.74 Å². The number of ether oxygens (including phenoxy) is 1. The minimum absolute atomic E-state index is 0.408. The second kappa shape index (κ2) is 6.19. The average Bonchev–Trinajstić information content (AvgIpc) is 2.70. The number of nitriles is 1. The maximum Gasteiger partial charge on any atom is 0.101 e. The first-order valence-electron chi connectivity index (χ1n) is 6.04. The summed E-state index contributed by atoms with van der Waals surface area (Å²) in [5.41, 5.74) is 5.09. The molecule has 0 amide bonds. The van der Waals surface area contributed by atoms with Crippen molar-refractivity contribution in [1.29, 1.82) is 5.26 Å². The lowest BCUT2D eigenvalue weighted by molar-refractivity contribution is 0.0805. The first-order valence-corrected chi connectivity index (χ1v) is 6.04. The summed E-state index contributed by atoms with van der Waals surface area (Å²) < 4.78 is 5.57. The fraction of sp³-hybridized carbons (Fsp3) is 0.917. The van der Waals surface area contributed by atoms with Gasteiger partial charge in [0.2, 0.25) is 0 Å². The van der Waals surface area contributed by atoms with Crippen LogP contribution in [0.1, 0.15) is 32.6 Å². The second-order valence-corrected chi connectivity index (χ2v) is 5.03. The fourth-order valence-electron chi connectivity index (χ4n) is 2.00. The van der Waals surface area contributed by atoms with Gasteiger partial charge in [-0.25, -0.2) is 0 Å². The predicted octanol–water partition coefficient (Wildman–Crippen LogP) is 1.12. The van der Waals surface area contributed by atoms with E-state index in [4.69, 9.17) is 15.7 Å². The van der Waals surface area contributed by atoms with Crippen molar-refractivity contribution in [2.75, 3.05) is 26.7 Å². The van der Waals surface area contributed by atoms with Gasteiger partial charge in [-0.3, -0.25) is 0 Å². The van der Waals surface area contributed by atoms with Crippen LogP contribution in [0.2, 0.25) is 0 Å². The molecule has 1 heterocycles. The van der Waals surface area contributed by atoms with Crippen LogP contribution in [0.5, 0.6) is 0 Å². The molecule has 0 saturated carbocycles. The van der Waals surface area contributed by atoms with Gasteiger partial charge >= 0.3 is 0 Å². The van der Waals surface area contributed by atoms with Gasteiger partial charge in [-0.05, 0) is 46.2 Å². The Hall–Kier alpha value is -0.630. The van der Waals surface area contributed by atoms with Gasteiger partial charge in [-0.2, -0.15) is 5.26 Å². The number of rotatable bonds is 6. The van der Waals surface area contributed by atoms with E-state index in [-0.39, 0.29) is 0 Å². The van der Waals surface area contributed by atoms with E-state index in [2.05, 4.69) is 18.0 Å². The normalized spacial score (nSPS) is 24.3. The molecule has 92 valence electrons. The smallest absolute Gasteiger partial charge is 0.101 e. The Morgan fingerprint density at radius 1 is 1.62 bits per heavy atom. The molecule has 1 saturated heterocycles. The van der Waals surface area contributed by atoms with E-state index in [9.17, 15) is 0 Å². The third-order valence-electron chi connectivity index (χ3n) is 3.03. The van der Waals surface area contributed by atoms with E-state index in [1.807, 2.05) is 0 Å². The summed E-state index contributed by atoms with van der Waals surface area (Å²) in [7, 11) is 2.10. The van der Waals surface area contributed by atoms with Gasteiger partial charge in [0.25, 0.3) is 0 Å². The van der Waals surface area contributed by atoms with E-state index < -0.39 is 5.54 Å². The molecule has 2 N–H and O–H groups in total. The minimum atomic E-state index is -0.676. The largest absolute Gasteiger partial charge is 0.377 e. The van der Waals surface area contributed by atoms with Gasteiger partial charge in [0.1, 0.15) is 5.54 Å². The van der Waals surface area contributed by atoms with Crippen molar-refractivity contribution >= 4 is 0 Å². The lowest BCUT2D eigenvalue weighted by Gasteiger charge is -2.22. The van der Waals surface area contributed by atoms with Crippen molar-refractivity contribution < 1.29 is 4.74 Å². The highest BCUT2D eigenvalue weighted by atomic mass is 16.5. The predicted molar refractivity (Wildman–Crippen MR) is 63.9 cm³/mol. The summed E-state index contributed by atoms with van der Waals surface area (Å²) in [4.78, 5) is 2.27. The van der Waals surface area contributed by atoms with E-state index in [0.29, 0.717) is 6.10 Å². The molecule has 0 spiro atoms. The Morgan fingerprint density at radius 3 is 2.94 bits per heavy atom. The van der Waals surface area contributed by atoms with Gasteiger partial charge in [0, 0.05) is 13.2 Å². The van der Waals surface area contributed by atoms with Crippen LogP contribution >= 0.6 is 0 Å². The zero-order valence-corrected chi connectivity index (χ0v) is 10.4. The van der Waals surface area contributed by atoms with E-state index in [1.54, 1.807) is 6.92 Å². The number of nitrogens with two attached hydrogens (primary N) is 1. The molecule has 2 atom stereocenters. The molecular formula is C12H23N3O. The highest BCUT2D eigenvalue weighted by Crippen LogP contribution is 2.13. The molecule has 0 aliphatic carbocycles. The molecule has 1 fully saturated rings. The Labute approximate surface area is 98.4 Å². The van der Waals surface area contributed by atoms with Crippen molar-refractivity contribution in [3.05, 3.63) is 0 Å². The molecule has 0 bridgehead atoms. The molecule has 16 heavy (non-hydrogen) atoms. The van der Waals surface area contributed by atoms with Gasteiger partial charge in [0.15, 0.2) is 0 Å². The molecule has 1 rings (SSSR count). The molecule has 0 aromatic heterocycles. The standard InChI is InChI=1S/C12H23N3O/c1-12(14,10-13)6-4-7-15(2)9-11-5-3-8-16-11/h11H,3-9,14H2,1-2H3. The molecule has 1 aliphatic rings. The van der Waals surface area contributed by atoms with Crippen LogP contribution < -0.4 is 5.73 Å². The third kappa shape index (κ3) is 4.93. The van der Waals surface area contributed by atoms with Gasteiger partial charge < -0.3 is 15.4 Å². The Bertz CT molecular complexity index is 241. The number of nitrogens with zero attached hydrogens (tertiary/aromatic N) is 2. The molecule has 1 aliphatic heterocycles. The van der Waals surface area contributed by atoms with E-state index in [1.165, 1.54) is 12.8 Å². The lowest BCUT2D eigenvalue weighted by atomic mass is 9.99. The summed E-state index contributed by atoms with van der Waals surface area (Å²) in [6.45, 7) is 4.67. The Balaban J connectivity index is 2.10. The topological polar surface area (TPSA) is 62.3 Å². The van der Waals surface area contributed by atoms with Crippen molar-refractivity contribution in [1.82, 2.24) is 4.90 Å². The molecule has 0 aromatic carbocycles. The Morgan fingerprint density at radius 2 is 2.38 bits per heavy atom.